The lowest BCUT2D eigenvalue weighted by atomic mass is 9.94. The summed E-state index contributed by atoms with van der Waals surface area (Å²) in [6, 6.07) is 10.9. The van der Waals surface area contributed by atoms with Gasteiger partial charge in [0.2, 0.25) is 5.91 Å². The average molecular weight is 436 g/mol. The van der Waals surface area contributed by atoms with Gasteiger partial charge in [0.05, 0.1) is 0 Å². The Bertz CT molecular complexity index is 615. The highest BCUT2D eigenvalue weighted by Crippen LogP contribution is 2.21. The molecule has 3 rings (SSSR count). The van der Waals surface area contributed by atoms with Crippen LogP contribution in [0.4, 0.5) is 0 Å². The predicted octanol–water partition coefficient (Wildman–Crippen LogP) is 2.29. The number of likely N-dealkylation sites (tertiary alicyclic amines) is 2. The lowest BCUT2D eigenvalue weighted by molar-refractivity contribution is -0.126. The molecule has 1 amide bonds. The van der Waals surface area contributed by atoms with Crippen molar-refractivity contribution in [2.75, 3.05) is 33.2 Å². The molecule has 2 aliphatic rings. The summed E-state index contributed by atoms with van der Waals surface area (Å²) in [5.74, 6) is 0.424. The van der Waals surface area contributed by atoms with Crippen LogP contribution in [0.1, 0.15) is 44.1 Å². The van der Waals surface area contributed by atoms with E-state index in [1.807, 2.05) is 18.2 Å². The van der Waals surface area contributed by atoms with E-state index in [9.17, 15) is 4.79 Å². The number of piperidine rings is 2. The molecule has 31 heavy (non-hydrogen) atoms. The van der Waals surface area contributed by atoms with Gasteiger partial charge < -0.3 is 25.3 Å². The number of benzene rings is 1. The van der Waals surface area contributed by atoms with Crippen molar-refractivity contribution in [3.63, 3.8) is 0 Å². The molecule has 0 saturated carbocycles. The molecule has 8 heteroatoms. The Labute approximate surface area is 185 Å². The molecular formula is C23H37N3O5. The quantitative estimate of drug-likeness (QED) is 0.588. The molecule has 174 valence electrons. The van der Waals surface area contributed by atoms with Crippen LogP contribution in [0.15, 0.2) is 30.3 Å². The van der Waals surface area contributed by atoms with Gasteiger partial charge in [-0.2, -0.15) is 0 Å². The van der Waals surface area contributed by atoms with Crippen LogP contribution in [0.3, 0.4) is 0 Å². The van der Waals surface area contributed by atoms with E-state index >= 15 is 0 Å². The molecule has 2 heterocycles. The Balaban J connectivity index is 0.000000720. The minimum absolute atomic E-state index is 0.192. The van der Waals surface area contributed by atoms with Crippen LogP contribution in [0.5, 0.6) is 0 Å². The van der Waals surface area contributed by atoms with E-state index in [-0.39, 0.29) is 24.8 Å². The zero-order valence-electron chi connectivity index (χ0n) is 18.5. The van der Waals surface area contributed by atoms with Crippen molar-refractivity contribution in [1.29, 1.82) is 0 Å². The second-order valence-electron chi connectivity index (χ2n) is 7.95. The molecule has 2 saturated heterocycles. The van der Waals surface area contributed by atoms with Crippen LogP contribution in [0, 0.1) is 5.92 Å². The van der Waals surface area contributed by atoms with E-state index in [0.717, 1.165) is 32.0 Å². The monoisotopic (exact) mass is 435 g/mol. The molecule has 1 aromatic rings. The third-order valence-electron chi connectivity index (χ3n) is 5.97. The summed E-state index contributed by atoms with van der Waals surface area (Å²) < 4.78 is 0. The van der Waals surface area contributed by atoms with Crippen LogP contribution in [0.2, 0.25) is 0 Å². The van der Waals surface area contributed by atoms with Gasteiger partial charge in [-0.3, -0.25) is 14.4 Å². The number of carboxylic acid groups (broad SMARTS) is 2. The number of carbonyl (C=O) groups is 3. The van der Waals surface area contributed by atoms with Crippen molar-refractivity contribution in [2.45, 2.75) is 51.1 Å². The van der Waals surface area contributed by atoms with Crippen LogP contribution in [-0.4, -0.2) is 78.1 Å². The highest BCUT2D eigenvalue weighted by Gasteiger charge is 2.26. The lowest BCUT2D eigenvalue weighted by Gasteiger charge is -2.36. The zero-order chi connectivity index (χ0) is 22.9. The van der Waals surface area contributed by atoms with Gasteiger partial charge in [-0.1, -0.05) is 36.8 Å². The fourth-order valence-electron chi connectivity index (χ4n) is 4.19. The van der Waals surface area contributed by atoms with E-state index in [0.29, 0.717) is 6.54 Å². The first-order valence-electron chi connectivity index (χ1n) is 11.0. The molecule has 1 unspecified atom stereocenters. The third-order valence-corrected chi connectivity index (χ3v) is 5.97. The van der Waals surface area contributed by atoms with Crippen LogP contribution in [-0.2, 0) is 20.9 Å². The Morgan fingerprint density at radius 1 is 1.03 bits per heavy atom. The fourth-order valence-corrected chi connectivity index (χ4v) is 4.19. The molecule has 0 aliphatic carbocycles. The van der Waals surface area contributed by atoms with Gasteiger partial charge in [0, 0.05) is 18.5 Å². The fraction of sp³-hybridized carbons (Fsp3) is 0.609. The van der Waals surface area contributed by atoms with Gasteiger partial charge in [-0.05, 0) is 70.9 Å². The number of amides is 1. The minimum atomic E-state index is -0.250. The minimum Gasteiger partial charge on any atom is -0.483 e. The first-order chi connectivity index (χ1) is 15.0. The number of hydrogen-bond acceptors (Lipinski definition) is 5. The number of rotatable bonds is 6. The van der Waals surface area contributed by atoms with Crippen LogP contribution >= 0.6 is 0 Å². The van der Waals surface area contributed by atoms with Crippen molar-refractivity contribution in [1.82, 2.24) is 15.1 Å². The first kappa shape index (κ1) is 26.6. The predicted molar refractivity (Wildman–Crippen MR) is 120 cm³/mol. The topological polar surface area (TPSA) is 110 Å². The highest BCUT2D eigenvalue weighted by atomic mass is 16.3. The van der Waals surface area contributed by atoms with E-state index in [1.54, 1.807) is 0 Å². The van der Waals surface area contributed by atoms with Gasteiger partial charge in [0.25, 0.3) is 12.9 Å². The molecule has 0 bridgehead atoms. The van der Waals surface area contributed by atoms with Crippen molar-refractivity contribution >= 4 is 18.9 Å². The van der Waals surface area contributed by atoms with Crippen molar-refractivity contribution in [3.8, 4) is 0 Å². The van der Waals surface area contributed by atoms with Crippen molar-refractivity contribution in [2.24, 2.45) is 5.92 Å². The molecule has 1 aromatic carbocycles. The van der Waals surface area contributed by atoms with Crippen molar-refractivity contribution in [3.05, 3.63) is 35.9 Å². The number of nitrogens with zero attached hydrogens (tertiary/aromatic N) is 2. The summed E-state index contributed by atoms with van der Waals surface area (Å²) in [4.78, 5) is 34.2. The first-order valence-corrected chi connectivity index (χ1v) is 11.0. The second-order valence-corrected chi connectivity index (χ2v) is 7.95. The van der Waals surface area contributed by atoms with Gasteiger partial charge in [-0.25, -0.2) is 0 Å². The van der Waals surface area contributed by atoms with Crippen LogP contribution in [0.25, 0.3) is 0 Å². The summed E-state index contributed by atoms with van der Waals surface area (Å²) in [5, 5.41) is 16.9. The number of carbonyl (C=O) groups excluding carboxylic acids is 1. The molecule has 8 nitrogen and oxygen atoms in total. The molecule has 1 atom stereocenters. The van der Waals surface area contributed by atoms with Gasteiger partial charge >= 0.3 is 0 Å². The molecule has 0 radical (unpaired) electrons. The normalized spacial score (nSPS) is 19.7. The SMILES string of the molecule is CN1CCCCC1CCN1CCC(C(=O)NCc2ccccc2)CC1.O=CO.O=CO. The van der Waals surface area contributed by atoms with Gasteiger partial charge in [0.15, 0.2) is 0 Å². The van der Waals surface area contributed by atoms with E-state index < -0.39 is 0 Å². The molecule has 0 aromatic heterocycles. The maximum absolute atomic E-state index is 12.4. The summed E-state index contributed by atoms with van der Waals surface area (Å²) in [6.45, 7) is 4.73. The zero-order valence-corrected chi connectivity index (χ0v) is 18.5. The summed E-state index contributed by atoms with van der Waals surface area (Å²) >= 11 is 0. The second kappa shape index (κ2) is 16.3. The molecule has 2 aliphatic heterocycles. The van der Waals surface area contributed by atoms with Crippen LogP contribution < -0.4 is 5.32 Å². The van der Waals surface area contributed by atoms with Crippen molar-refractivity contribution < 1.29 is 24.6 Å². The maximum Gasteiger partial charge on any atom is 0.290 e. The average Bonchev–Trinajstić information content (AvgIpc) is 2.79. The Hall–Kier alpha value is -2.45. The maximum atomic E-state index is 12.4. The third kappa shape index (κ3) is 10.9. The van der Waals surface area contributed by atoms with Gasteiger partial charge in [-0.15, -0.1) is 0 Å². The molecule has 3 N–H and O–H groups in total. The Morgan fingerprint density at radius 2 is 1.65 bits per heavy atom. The molecule has 0 spiro atoms. The van der Waals surface area contributed by atoms with Gasteiger partial charge in [0.1, 0.15) is 0 Å². The van der Waals surface area contributed by atoms with E-state index in [4.69, 9.17) is 19.8 Å². The summed E-state index contributed by atoms with van der Waals surface area (Å²) in [6.07, 6.45) is 7.38. The summed E-state index contributed by atoms with van der Waals surface area (Å²) in [5.41, 5.74) is 1.17. The smallest absolute Gasteiger partial charge is 0.290 e. The lowest BCUT2D eigenvalue weighted by Crippen LogP contribution is -2.43. The largest absolute Gasteiger partial charge is 0.483 e. The Morgan fingerprint density at radius 3 is 2.23 bits per heavy atom. The summed E-state index contributed by atoms with van der Waals surface area (Å²) in [7, 11) is 2.27. The van der Waals surface area contributed by atoms with E-state index in [1.165, 1.54) is 44.3 Å². The van der Waals surface area contributed by atoms with E-state index in [2.05, 4.69) is 34.3 Å². The highest BCUT2D eigenvalue weighted by molar-refractivity contribution is 5.78. The standard InChI is InChI=1S/C21H33N3O.2CH2O2/c1-23-13-6-5-9-20(23)12-16-24-14-10-19(11-15-24)21(25)22-17-18-7-3-2-4-8-18;2*2-1-3/h2-4,7-8,19-20H,5-6,9-17H2,1H3,(H,22,25);2*1H,(H,2,3). The number of hydrogen-bond donors (Lipinski definition) is 3. The molecule has 2 fully saturated rings. The molecular weight excluding hydrogens is 398 g/mol. The number of nitrogens with one attached hydrogen (secondary N) is 1. The Kier molecular flexibility index (Phi) is 14.0.